The van der Waals surface area contributed by atoms with Gasteiger partial charge < -0.3 is 0 Å². The van der Waals surface area contributed by atoms with Gasteiger partial charge in [-0.05, 0) is 19.1 Å². The first-order valence-corrected chi connectivity index (χ1v) is 6.22. The minimum Gasteiger partial charge on any atom is -0.292 e. The van der Waals surface area contributed by atoms with Gasteiger partial charge in [0.25, 0.3) is 0 Å². The van der Waals surface area contributed by atoms with Crippen molar-refractivity contribution in [2.45, 2.75) is 12.8 Å². The van der Waals surface area contributed by atoms with Gasteiger partial charge in [0.2, 0.25) is 0 Å². The van der Waals surface area contributed by atoms with Crippen LogP contribution in [0.25, 0.3) is 0 Å². The Hall–Kier alpha value is -2.13. The number of hydrogen-bond donors (Lipinski definition) is 0. The predicted molar refractivity (Wildman–Crippen MR) is 65.9 cm³/mol. The number of carbonyl (C=O) groups excluding carboxylic acids is 1. The molecule has 0 aliphatic carbocycles. The third-order valence-corrected chi connectivity index (χ3v) is 3.51. The van der Waals surface area contributed by atoms with Gasteiger partial charge in [0.05, 0.1) is 11.6 Å². The van der Waals surface area contributed by atoms with Crippen molar-refractivity contribution in [1.29, 1.82) is 5.26 Å². The molecule has 2 rings (SSSR count). The van der Waals surface area contributed by atoms with Crippen molar-refractivity contribution < 1.29 is 13.6 Å². The van der Waals surface area contributed by atoms with E-state index in [1.807, 2.05) is 0 Å². The average Bonchev–Trinajstić information content (AvgIpc) is 2.76. The summed E-state index contributed by atoms with van der Waals surface area (Å²) >= 11 is 1.12. The lowest BCUT2D eigenvalue weighted by molar-refractivity contribution is 0.0970. The van der Waals surface area contributed by atoms with Crippen LogP contribution in [0.3, 0.4) is 0 Å². The lowest BCUT2D eigenvalue weighted by atomic mass is 9.98. The first-order chi connectivity index (χ1) is 9.04. The number of carbonyl (C=O) groups is 1. The zero-order valence-electron chi connectivity index (χ0n) is 9.85. The van der Waals surface area contributed by atoms with Crippen LogP contribution in [-0.2, 0) is 0 Å². The number of aromatic nitrogens is 1. The van der Waals surface area contributed by atoms with E-state index in [4.69, 9.17) is 5.26 Å². The number of thiazole rings is 1. The summed E-state index contributed by atoms with van der Waals surface area (Å²) in [7, 11) is 0. The molecule has 0 radical (unpaired) electrons. The third-order valence-electron chi connectivity index (χ3n) is 2.48. The topological polar surface area (TPSA) is 53.8 Å². The SMILES string of the molecule is Cc1csc([C@H](C#N)C(=O)c2c(F)cccc2F)n1. The van der Waals surface area contributed by atoms with E-state index in [1.165, 1.54) is 0 Å². The summed E-state index contributed by atoms with van der Waals surface area (Å²) in [6.07, 6.45) is 0. The van der Waals surface area contributed by atoms with Gasteiger partial charge in [-0.25, -0.2) is 13.8 Å². The molecule has 0 fully saturated rings. The van der Waals surface area contributed by atoms with Gasteiger partial charge in [-0.2, -0.15) is 5.26 Å². The Morgan fingerprint density at radius 1 is 1.42 bits per heavy atom. The molecular weight excluding hydrogens is 270 g/mol. The molecule has 6 heteroatoms. The fraction of sp³-hybridized carbons (Fsp3) is 0.154. The van der Waals surface area contributed by atoms with E-state index in [-0.39, 0.29) is 5.01 Å². The minimum atomic E-state index is -1.29. The van der Waals surface area contributed by atoms with Crippen molar-refractivity contribution >= 4 is 17.1 Å². The number of hydrogen-bond acceptors (Lipinski definition) is 4. The molecule has 0 spiro atoms. The molecule has 3 nitrogen and oxygen atoms in total. The standard InChI is InChI=1S/C13H8F2N2OS/c1-7-6-19-13(17-7)8(5-16)12(18)11-9(14)3-2-4-10(11)15/h2-4,6,8H,1H3/t8-/m1/s1. The number of halogens is 2. The maximum absolute atomic E-state index is 13.5. The number of Topliss-reactive ketones (excluding diaryl/α,β-unsaturated/α-hetero) is 1. The maximum Gasteiger partial charge on any atom is 0.192 e. The first-order valence-electron chi connectivity index (χ1n) is 5.34. The van der Waals surface area contributed by atoms with E-state index in [9.17, 15) is 13.6 Å². The highest BCUT2D eigenvalue weighted by molar-refractivity contribution is 7.10. The van der Waals surface area contributed by atoms with E-state index in [2.05, 4.69) is 4.98 Å². The molecule has 19 heavy (non-hydrogen) atoms. The number of nitriles is 1. The van der Waals surface area contributed by atoms with Crippen molar-refractivity contribution in [3.05, 3.63) is 51.5 Å². The molecule has 1 aromatic heterocycles. The summed E-state index contributed by atoms with van der Waals surface area (Å²) < 4.78 is 27.1. The van der Waals surface area contributed by atoms with Gasteiger partial charge in [0, 0.05) is 11.1 Å². The number of benzene rings is 1. The van der Waals surface area contributed by atoms with Crippen LogP contribution >= 0.6 is 11.3 Å². The predicted octanol–water partition coefficient (Wildman–Crippen LogP) is 3.22. The summed E-state index contributed by atoms with van der Waals surface area (Å²) in [6.45, 7) is 1.71. The normalized spacial score (nSPS) is 11.9. The molecule has 0 unspecified atom stereocenters. The van der Waals surface area contributed by atoms with Crippen LogP contribution < -0.4 is 0 Å². The molecule has 1 aromatic carbocycles. The minimum absolute atomic E-state index is 0.243. The summed E-state index contributed by atoms with van der Waals surface area (Å²) in [5.41, 5.74) is -0.0380. The number of nitrogens with zero attached hydrogens (tertiary/aromatic N) is 2. The van der Waals surface area contributed by atoms with Crippen molar-refractivity contribution in [3.63, 3.8) is 0 Å². The Kier molecular flexibility index (Phi) is 3.67. The fourth-order valence-electron chi connectivity index (χ4n) is 1.61. The van der Waals surface area contributed by atoms with Crippen LogP contribution in [0.15, 0.2) is 23.6 Å². The Balaban J connectivity index is 2.46. The maximum atomic E-state index is 13.5. The Morgan fingerprint density at radius 2 is 2.05 bits per heavy atom. The molecule has 1 atom stereocenters. The second kappa shape index (κ2) is 5.24. The van der Waals surface area contributed by atoms with Crippen molar-refractivity contribution in [2.75, 3.05) is 0 Å². The van der Waals surface area contributed by atoms with Gasteiger partial charge in [-0.15, -0.1) is 11.3 Å². The van der Waals surface area contributed by atoms with Crippen LogP contribution in [0.2, 0.25) is 0 Å². The molecule has 2 aromatic rings. The highest BCUT2D eigenvalue weighted by Gasteiger charge is 2.29. The van der Waals surface area contributed by atoms with Crippen LogP contribution in [0.4, 0.5) is 8.78 Å². The zero-order valence-corrected chi connectivity index (χ0v) is 10.7. The Morgan fingerprint density at radius 3 is 2.53 bits per heavy atom. The second-order valence-electron chi connectivity index (χ2n) is 3.85. The zero-order chi connectivity index (χ0) is 14.0. The number of aryl methyl sites for hydroxylation is 1. The van der Waals surface area contributed by atoms with Crippen LogP contribution in [0.5, 0.6) is 0 Å². The highest BCUT2D eigenvalue weighted by atomic mass is 32.1. The van der Waals surface area contributed by atoms with Crippen LogP contribution in [0, 0.1) is 29.9 Å². The Bertz CT molecular complexity index is 655. The van der Waals surface area contributed by atoms with Gasteiger partial charge >= 0.3 is 0 Å². The molecule has 0 aliphatic rings. The number of rotatable bonds is 3. The quantitative estimate of drug-likeness (QED) is 0.810. The summed E-state index contributed by atoms with van der Waals surface area (Å²) in [6, 6.07) is 4.88. The summed E-state index contributed by atoms with van der Waals surface area (Å²) in [5, 5.41) is 11.0. The lowest BCUT2D eigenvalue weighted by Gasteiger charge is -2.07. The van der Waals surface area contributed by atoms with E-state index in [1.54, 1.807) is 18.4 Å². The number of ketones is 1. The summed E-state index contributed by atoms with van der Waals surface area (Å²) in [4.78, 5) is 16.1. The van der Waals surface area contributed by atoms with Crippen molar-refractivity contribution in [1.82, 2.24) is 4.98 Å². The second-order valence-corrected chi connectivity index (χ2v) is 4.74. The van der Waals surface area contributed by atoms with E-state index in [0.29, 0.717) is 5.69 Å². The largest absolute Gasteiger partial charge is 0.292 e. The molecule has 96 valence electrons. The summed E-state index contributed by atoms with van der Waals surface area (Å²) in [5.74, 6) is -4.14. The van der Waals surface area contributed by atoms with Crippen LogP contribution in [0.1, 0.15) is 27.0 Å². The molecule has 0 N–H and O–H groups in total. The van der Waals surface area contributed by atoms with Crippen LogP contribution in [-0.4, -0.2) is 10.8 Å². The monoisotopic (exact) mass is 278 g/mol. The van der Waals surface area contributed by atoms with Gasteiger partial charge in [0.15, 0.2) is 11.7 Å². The first kappa shape index (κ1) is 13.3. The van der Waals surface area contributed by atoms with Gasteiger partial charge in [-0.1, -0.05) is 6.07 Å². The molecule has 0 bridgehead atoms. The van der Waals surface area contributed by atoms with E-state index < -0.39 is 28.9 Å². The van der Waals surface area contributed by atoms with Gasteiger partial charge in [-0.3, -0.25) is 4.79 Å². The third kappa shape index (κ3) is 2.51. The average molecular weight is 278 g/mol. The molecule has 0 amide bonds. The molecule has 0 saturated heterocycles. The van der Waals surface area contributed by atoms with Crippen molar-refractivity contribution in [3.8, 4) is 6.07 Å². The lowest BCUT2D eigenvalue weighted by Crippen LogP contribution is -2.14. The molecule has 0 saturated carbocycles. The smallest absolute Gasteiger partial charge is 0.192 e. The molecule has 1 heterocycles. The van der Waals surface area contributed by atoms with E-state index >= 15 is 0 Å². The van der Waals surface area contributed by atoms with Gasteiger partial charge in [0.1, 0.15) is 16.6 Å². The van der Waals surface area contributed by atoms with Crippen molar-refractivity contribution in [2.24, 2.45) is 0 Å². The van der Waals surface area contributed by atoms with E-state index in [0.717, 1.165) is 29.5 Å². The highest BCUT2D eigenvalue weighted by Crippen LogP contribution is 2.26. The molecular formula is C13H8F2N2OS. The molecule has 0 aliphatic heterocycles. The fourth-order valence-corrected chi connectivity index (χ4v) is 2.44. The Labute approximate surface area is 112 Å².